The van der Waals surface area contributed by atoms with Crippen molar-refractivity contribution in [2.45, 2.75) is 20.3 Å². The molecule has 0 unspecified atom stereocenters. The fourth-order valence-corrected chi connectivity index (χ4v) is 3.09. The number of hydrogen-bond acceptors (Lipinski definition) is 5. The number of nitrogens with one attached hydrogen (secondary N) is 1. The average molecular weight is 382 g/mol. The minimum atomic E-state index is -0.280. The largest absolute Gasteiger partial charge is 0.450 e. The lowest BCUT2D eigenvalue weighted by Crippen LogP contribution is -2.49. The van der Waals surface area contributed by atoms with Crippen molar-refractivity contribution >= 4 is 23.5 Å². The first-order valence-corrected chi connectivity index (χ1v) is 9.63. The van der Waals surface area contributed by atoms with Gasteiger partial charge in [0.2, 0.25) is 0 Å². The molecule has 1 saturated heterocycles. The Labute approximate surface area is 165 Å². The maximum atomic E-state index is 12.6. The van der Waals surface area contributed by atoms with Gasteiger partial charge in [-0.25, -0.2) is 9.78 Å². The molecule has 1 aromatic heterocycles. The van der Waals surface area contributed by atoms with Crippen LogP contribution in [-0.2, 0) is 11.2 Å². The van der Waals surface area contributed by atoms with Gasteiger partial charge in [0.15, 0.2) is 0 Å². The first-order chi connectivity index (χ1) is 13.6. The SMILES string of the molecule is CCOC(=O)N1CCN(c2cc(C(=O)Nc3ccc(CC)cc3)ccn2)CC1. The number of carbonyl (C=O) groups is 2. The number of amides is 2. The van der Waals surface area contributed by atoms with Crippen molar-refractivity contribution in [1.82, 2.24) is 9.88 Å². The van der Waals surface area contributed by atoms with Crippen LogP contribution in [0.2, 0.25) is 0 Å². The van der Waals surface area contributed by atoms with Crippen LogP contribution < -0.4 is 10.2 Å². The Bertz CT molecular complexity index is 815. The lowest BCUT2D eigenvalue weighted by molar-refractivity contribution is 0.102. The van der Waals surface area contributed by atoms with Gasteiger partial charge in [-0.05, 0) is 43.2 Å². The summed E-state index contributed by atoms with van der Waals surface area (Å²) in [6, 6.07) is 11.3. The Morgan fingerprint density at radius 2 is 1.79 bits per heavy atom. The van der Waals surface area contributed by atoms with Gasteiger partial charge in [0, 0.05) is 43.6 Å². The van der Waals surface area contributed by atoms with E-state index >= 15 is 0 Å². The number of anilines is 2. The number of ether oxygens (including phenoxy) is 1. The van der Waals surface area contributed by atoms with Crippen molar-refractivity contribution in [2.24, 2.45) is 0 Å². The highest BCUT2D eigenvalue weighted by molar-refractivity contribution is 6.04. The van der Waals surface area contributed by atoms with Gasteiger partial charge in [0.25, 0.3) is 5.91 Å². The summed E-state index contributed by atoms with van der Waals surface area (Å²) in [6.07, 6.45) is 2.32. The lowest BCUT2D eigenvalue weighted by atomic mass is 10.1. The van der Waals surface area contributed by atoms with Crippen molar-refractivity contribution in [2.75, 3.05) is 43.0 Å². The molecular formula is C21H26N4O3. The van der Waals surface area contributed by atoms with Crippen molar-refractivity contribution in [3.63, 3.8) is 0 Å². The van der Waals surface area contributed by atoms with Crippen LogP contribution in [-0.4, -0.2) is 54.7 Å². The molecule has 2 aromatic rings. The molecule has 148 valence electrons. The Morgan fingerprint density at radius 1 is 1.07 bits per heavy atom. The fourth-order valence-electron chi connectivity index (χ4n) is 3.09. The van der Waals surface area contributed by atoms with E-state index in [-0.39, 0.29) is 12.0 Å². The molecule has 7 heteroatoms. The Morgan fingerprint density at radius 3 is 2.43 bits per heavy atom. The maximum Gasteiger partial charge on any atom is 0.409 e. The molecule has 28 heavy (non-hydrogen) atoms. The van der Waals surface area contributed by atoms with E-state index in [1.165, 1.54) is 5.56 Å². The minimum Gasteiger partial charge on any atom is -0.450 e. The fraction of sp³-hybridized carbons (Fsp3) is 0.381. The summed E-state index contributed by atoms with van der Waals surface area (Å²) >= 11 is 0. The molecule has 0 bridgehead atoms. The second-order valence-corrected chi connectivity index (χ2v) is 6.58. The maximum absolute atomic E-state index is 12.6. The molecule has 1 fully saturated rings. The number of aromatic nitrogens is 1. The lowest BCUT2D eigenvalue weighted by Gasteiger charge is -2.34. The van der Waals surface area contributed by atoms with Gasteiger partial charge < -0.3 is 19.9 Å². The summed E-state index contributed by atoms with van der Waals surface area (Å²) in [5.74, 6) is 0.565. The summed E-state index contributed by atoms with van der Waals surface area (Å²) in [6.45, 7) is 6.70. The number of pyridine rings is 1. The Kier molecular flexibility index (Phi) is 6.47. The summed E-state index contributed by atoms with van der Waals surface area (Å²) < 4.78 is 5.04. The van der Waals surface area contributed by atoms with Crippen LogP contribution in [0.15, 0.2) is 42.6 Å². The van der Waals surface area contributed by atoms with E-state index in [1.807, 2.05) is 24.3 Å². The highest BCUT2D eigenvalue weighted by Crippen LogP contribution is 2.17. The number of nitrogens with zero attached hydrogens (tertiary/aromatic N) is 3. The van der Waals surface area contributed by atoms with E-state index < -0.39 is 0 Å². The highest BCUT2D eigenvalue weighted by Gasteiger charge is 2.23. The van der Waals surface area contributed by atoms with E-state index in [0.717, 1.165) is 17.9 Å². The molecule has 3 rings (SSSR count). The molecule has 1 aliphatic heterocycles. The number of aryl methyl sites for hydroxylation is 1. The molecule has 1 aromatic carbocycles. The predicted octanol–water partition coefficient (Wildman–Crippen LogP) is 3.17. The van der Waals surface area contributed by atoms with Gasteiger partial charge in [-0.3, -0.25) is 4.79 Å². The van der Waals surface area contributed by atoms with Crippen LogP contribution in [0.3, 0.4) is 0 Å². The topological polar surface area (TPSA) is 74.8 Å². The van der Waals surface area contributed by atoms with Crippen LogP contribution in [0, 0.1) is 0 Å². The van der Waals surface area contributed by atoms with Gasteiger partial charge in [-0.15, -0.1) is 0 Å². The van der Waals surface area contributed by atoms with E-state index in [0.29, 0.717) is 38.3 Å². The smallest absolute Gasteiger partial charge is 0.409 e. The first-order valence-electron chi connectivity index (χ1n) is 9.63. The monoisotopic (exact) mass is 382 g/mol. The van der Waals surface area contributed by atoms with E-state index in [2.05, 4.69) is 22.1 Å². The van der Waals surface area contributed by atoms with E-state index in [4.69, 9.17) is 4.74 Å². The molecule has 2 amide bonds. The van der Waals surface area contributed by atoms with Crippen LogP contribution >= 0.6 is 0 Å². The van der Waals surface area contributed by atoms with Gasteiger partial charge in [-0.1, -0.05) is 19.1 Å². The zero-order valence-electron chi connectivity index (χ0n) is 16.4. The van der Waals surface area contributed by atoms with Crippen LogP contribution in [0.4, 0.5) is 16.3 Å². The normalized spacial score (nSPS) is 13.9. The Balaban J connectivity index is 1.62. The van der Waals surface area contributed by atoms with Gasteiger partial charge in [0.05, 0.1) is 6.61 Å². The second kappa shape index (κ2) is 9.21. The van der Waals surface area contributed by atoms with Crippen LogP contribution in [0.25, 0.3) is 0 Å². The quantitative estimate of drug-likeness (QED) is 0.860. The van der Waals surface area contributed by atoms with E-state index in [1.54, 1.807) is 30.2 Å². The molecule has 0 spiro atoms. The molecule has 1 aliphatic rings. The average Bonchev–Trinajstić information content (AvgIpc) is 2.74. The van der Waals surface area contributed by atoms with Crippen LogP contribution in [0.1, 0.15) is 29.8 Å². The van der Waals surface area contributed by atoms with Gasteiger partial charge in [-0.2, -0.15) is 0 Å². The summed E-state index contributed by atoms with van der Waals surface area (Å²) in [7, 11) is 0. The van der Waals surface area contributed by atoms with Gasteiger partial charge >= 0.3 is 6.09 Å². The number of benzene rings is 1. The summed E-state index contributed by atoms with van der Waals surface area (Å²) in [4.78, 5) is 32.6. The molecule has 2 heterocycles. The zero-order chi connectivity index (χ0) is 19.9. The molecule has 1 N–H and O–H groups in total. The third-order valence-corrected chi connectivity index (χ3v) is 4.76. The number of piperazine rings is 1. The molecule has 0 saturated carbocycles. The van der Waals surface area contributed by atoms with Crippen molar-refractivity contribution in [1.29, 1.82) is 0 Å². The van der Waals surface area contributed by atoms with Crippen molar-refractivity contribution in [3.05, 3.63) is 53.7 Å². The molecule has 0 aliphatic carbocycles. The van der Waals surface area contributed by atoms with Crippen LogP contribution in [0.5, 0.6) is 0 Å². The van der Waals surface area contributed by atoms with Crippen molar-refractivity contribution in [3.8, 4) is 0 Å². The van der Waals surface area contributed by atoms with Crippen molar-refractivity contribution < 1.29 is 14.3 Å². The first kappa shape index (κ1) is 19.7. The third kappa shape index (κ3) is 4.79. The third-order valence-electron chi connectivity index (χ3n) is 4.76. The number of carbonyl (C=O) groups excluding carboxylic acids is 2. The standard InChI is InChI=1S/C21H26N4O3/c1-3-16-5-7-18(8-6-16)23-20(26)17-9-10-22-19(15-17)24-11-13-25(14-12-24)21(27)28-4-2/h5-10,15H,3-4,11-14H2,1-2H3,(H,23,26). The minimum absolute atomic E-state index is 0.168. The van der Waals surface area contributed by atoms with E-state index in [9.17, 15) is 9.59 Å². The Hall–Kier alpha value is -3.09. The number of hydrogen-bond donors (Lipinski definition) is 1. The molecule has 0 radical (unpaired) electrons. The number of rotatable bonds is 5. The second-order valence-electron chi connectivity index (χ2n) is 6.58. The molecular weight excluding hydrogens is 356 g/mol. The molecule has 7 nitrogen and oxygen atoms in total. The van der Waals surface area contributed by atoms with Gasteiger partial charge in [0.1, 0.15) is 5.82 Å². The molecule has 0 atom stereocenters. The summed E-state index contributed by atoms with van der Waals surface area (Å²) in [5.41, 5.74) is 2.55. The zero-order valence-corrected chi connectivity index (χ0v) is 16.4. The summed E-state index contributed by atoms with van der Waals surface area (Å²) in [5, 5.41) is 2.92. The highest BCUT2D eigenvalue weighted by atomic mass is 16.6. The predicted molar refractivity (Wildman–Crippen MR) is 109 cm³/mol.